The maximum Gasteiger partial charge on any atom is 0.306 e. The zero-order chi connectivity index (χ0) is 59.8. The summed E-state index contributed by atoms with van der Waals surface area (Å²) in [7, 11) is 1.12. The van der Waals surface area contributed by atoms with Gasteiger partial charge in [-0.2, -0.15) is 0 Å². The quantitative estimate of drug-likeness (QED) is 0.0195. The number of unbranched alkanes of at least 4 members (excludes halogenated alkanes) is 14. The molecule has 10 heteroatoms. The van der Waals surface area contributed by atoms with Gasteiger partial charge in [0.15, 0.2) is 6.10 Å². The van der Waals surface area contributed by atoms with E-state index in [2.05, 4.69) is 184 Å². The molecule has 0 aromatic rings. The van der Waals surface area contributed by atoms with Gasteiger partial charge in [-0.25, -0.2) is 0 Å². The molecule has 0 aliphatic carbocycles. The molecule has 0 radical (unpaired) electrons. The number of hydrogen-bond acceptors (Lipinski definition) is 8. The summed E-state index contributed by atoms with van der Waals surface area (Å²) in [6.07, 6.45) is 92.6. The number of nitrogens with zero attached hydrogens (tertiary/aromatic N) is 1. The number of carbonyl (C=O) groups excluding carboxylic acids is 2. The zero-order valence-electron chi connectivity index (χ0n) is 52.4. The van der Waals surface area contributed by atoms with Crippen molar-refractivity contribution in [3.05, 3.63) is 170 Å². The predicted molar refractivity (Wildman–Crippen MR) is 350 cm³/mol. The summed E-state index contributed by atoms with van der Waals surface area (Å²) < 4.78 is 34.2. The van der Waals surface area contributed by atoms with Crippen LogP contribution < -0.4 is 4.89 Å². The molecule has 0 aliphatic rings. The van der Waals surface area contributed by atoms with Gasteiger partial charge in [0.25, 0.3) is 7.82 Å². The van der Waals surface area contributed by atoms with E-state index in [4.69, 9.17) is 18.5 Å². The van der Waals surface area contributed by atoms with Gasteiger partial charge in [0.1, 0.15) is 19.8 Å². The van der Waals surface area contributed by atoms with E-state index in [1.54, 1.807) is 0 Å². The molecule has 0 N–H and O–H groups in total. The number of hydrogen-bond donors (Lipinski definition) is 0. The van der Waals surface area contributed by atoms with Gasteiger partial charge in [-0.05, 0) is 128 Å². The van der Waals surface area contributed by atoms with Crippen LogP contribution in [0.15, 0.2) is 170 Å². The van der Waals surface area contributed by atoms with E-state index in [0.717, 1.165) is 141 Å². The summed E-state index contributed by atoms with van der Waals surface area (Å²) in [4.78, 5) is 38.0. The van der Waals surface area contributed by atoms with Crippen molar-refractivity contribution >= 4 is 19.8 Å². The third-order valence-corrected chi connectivity index (χ3v) is 13.7. The van der Waals surface area contributed by atoms with Crippen LogP contribution in [0.2, 0.25) is 0 Å². The SMILES string of the molecule is CC/C=C\C/C=C\C/C=C\C/C=C\C/C=C\C/C=C\C/C=C\C/C=C\CCCCCCC(=O)OC(COC(=O)CCCCCCCCCCCC/C=C\C/C=C\C/C=C\C/C=C\C/C=C\C/C=C\CC)COP(=O)([O-])OCC[N+](C)(C)C. The van der Waals surface area contributed by atoms with Crippen molar-refractivity contribution in [3.63, 3.8) is 0 Å². The molecular weight excluding hydrogens is 1040 g/mol. The van der Waals surface area contributed by atoms with E-state index in [0.29, 0.717) is 23.9 Å². The Morgan fingerprint density at radius 2 is 0.659 bits per heavy atom. The molecule has 2 unspecified atom stereocenters. The minimum atomic E-state index is -4.66. The second-order valence-electron chi connectivity index (χ2n) is 21.7. The molecule has 0 saturated carbocycles. The number of likely N-dealkylation sites (N-methyl/N-ethyl adjacent to an activating group) is 1. The van der Waals surface area contributed by atoms with Crippen LogP contribution in [0.3, 0.4) is 0 Å². The summed E-state index contributed by atoms with van der Waals surface area (Å²) in [5.41, 5.74) is 0. The molecule has 9 nitrogen and oxygen atoms in total. The molecule has 82 heavy (non-hydrogen) atoms. The average Bonchev–Trinajstić information content (AvgIpc) is 3.45. The Labute approximate surface area is 502 Å². The maximum absolute atomic E-state index is 12.8. The predicted octanol–water partition coefficient (Wildman–Crippen LogP) is 20.0. The normalized spacial score (nSPS) is 14.4. The van der Waals surface area contributed by atoms with Gasteiger partial charge in [0, 0.05) is 12.8 Å². The Morgan fingerprint density at radius 3 is 0.976 bits per heavy atom. The smallest absolute Gasteiger partial charge is 0.306 e. The largest absolute Gasteiger partial charge is 0.756 e. The Morgan fingerprint density at radius 1 is 0.378 bits per heavy atom. The van der Waals surface area contributed by atoms with E-state index >= 15 is 0 Å². The summed E-state index contributed by atoms with van der Waals surface area (Å²) in [5, 5.41) is 0. The third kappa shape index (κ3) is 64.5. The van der Waals surface area contributed by atoms with E-state index in [-0.39, 0.29) is 26.1 Å². The van der Waals surface area contributed by atoms with Crippen molar-refractivity contribution in [2.24, 2.45) is 0 Å². The minimum absolute atomic E-state index is 0.0470. The highest BCUT2D eigenvalue weighted by atomic mass is 31.2. The Balaban J connectivity index is 4.25. The Kier molecular flexibility index (Phi) is 57.5. The van der Waals surface area contributed by atoms with Crippen LogP contribution in [-0.2, 0) is 32.7 Å². The van der Waals surface area contributed by atoms with Gasteiger partial charge >= 0.3 is 11.9 Å². The van der Waals surface area contributed by atoms with Crippen molar-refractivity contribution in [2.45, 2.75) is 225 Å². The second-order valence-corrected chi connectivity index (χ2v) is 23.1. The van der Waals surface area contributed by atoms with Crippen molar-refractivity contribution in [2.75, 3.05) is 47.5 Å². The van der Waals surface area contributed by atoms with Crippen LogP contribution >= 0.6 is 7.82 Å². The lowest BCUT2D eigenvalue weighted by molar-refractivity contribution is -0.870. The molecule has 0 amide bonds. The van der Waals surface area contributed by atoms with Gasteiger partial charge in [-0.1, -0.05) is 248 Å². The molecule has 0 aromatic heterocycles. The molecule has 2 atom stereocenters. The number of ether oxygens (including phenoxy) is 2. The van der Waals surface area contributed by atoms with Crippen LogP contribution in [0.1, 0.15) is 219 Å². The number of phosphoric ester groups is 1. The fourth-order valence-corrected chi connectivity index (χ4v) is 8.64. The fourth-order valence-electron chi connectivity index (χ4n) is 7.91. The molecule has 0 saturated heterocycles. The average molecular weight is 1150 g/mol. The first-order valence-corrected chi connectivity index (χ1v) is 33.3. The summed E-state index contributed by atoms with van der Waals surface area (Å²) in [6.45, 7) is 3.95. The lowest BCUT2D eigenvalue weighted by Gasteiger charge is -2.28. The van der Waals surface area contributed by atoms with Crippen LogP contribution in [0, 0.1) is 0 Å². The molecular formula is C72H116NO8P. The Hall–Kier alpha value is -4.63. The van der Waals surface area contributed by atoms with E-state index in [1.807, 2.05) is 21.1 Å². The molecule has 0 aliphatic heterocycles. The molecule has 0 aromatic carbocycles. The first-order chi connectivity index (χ1) is 40.0. The number of esters is 2. The highest BCUT2D eigenvalue weighted by molar-refractivity contribution is 7.45. The number of phosphoric acid groups is 1. The van der Waals surface area contributed by atoms with Crippen LogP contribution in [0.5, 0.6) is 0 Å². The van der Waals surface area contributed by atoms with E-state index < -0.39 is 32.5 Å². The molecule has 0 spiro atoms. The monoisotopic (exact) mass is 1150 g/mol. The summed E-state index contributed by atoms with van der Waals surface area (Å²) in [5.74, 6) is -0.881. The Bertz CT molecular complexity index is 1990. The molecule has 0 rings (SSSR count). The molecule has 462 valence electrons. The molecule has 0 bridgehead atoms. The number of quaternary nitrogens is 1. The van der Waals surface area contributed by atoms with Crippen molar-refractivity contribution in [1.82, 2.24) is 0 Å². The summed E-state index contributed by atoms with van der Waals surface area (Å²) >= 11 is 0. The second kappa shape index (κ2) is 60.9. The summed E-state index contributed by atoms with van der Waals surface area (Å²) in [6, 6.07) is 0. The van der Waals surface area contributed by atoms with E-state index in [9.17, 15) is 19.0 Å². The van der Waals surface area contributed by atoms with Gasteiger partial charge in [-0.3, -0.25) is 14.2 Å². The van der Waals surface area contributed by atoms with E-state index in [1.165, 1.54) is 38.5 Å². The highest BCUT2D eigenvalue weighted by Crippen LogP contribution is 2.38. The van der Waals surface area contributed by atoms with Crippen molar-refractivity contribution < 1.29 is 42.1 Å². The maximum atomic E-state index is 12.8. The van der Waals surface area contributed by atoms with Crippen LogP contribution in [-0.4, -0.2) is 70.0 Å². The topological polar surface area (TPSA) is 111 Å². The first kappa shape index (κ1) is 77.4. The standard InChI is InChI=1S/C72H116NO8P/c1-6-8-10-12-14-16-18-20-22-24-26-28-30-32-34-36-38-40-42-44-46-48-50-52-54-56-58-60-62-64-71(74)78-68-70(69-80-82(76,77)79-67-66-73(3,4)5)81-72(75)65-63-61-59-57-55-53-51-49-47-45-43-41-39-37-35-33-31-29-27-25-23-21-19-17-15-13-11-9-7-2/h8-11,14-17,20-23,26-29,32-35,38-41,45,47,51,53,70H,6-7,12-13,18-19,24-25,30-31,36-37,42-44,46,48-50,52,54-69H2,1-5H3/b10-8-,11-9-,16-14-,17-15-,22-20-,23-21-,28-26-,29-27-,34-32-,35-33-,40-38-,41-39-,47-45-,53-51-. The first-order valence-electron chi connectivity index (χ1n) is 31.8. The number of allylic oxidation sites excluding steroid dienone is 28. The van der Waals surface area contributed by atoms with Gasteiger partial charge in [0.2, 0.25) is 0 Å². The highest BCUT2D eigenvalue weighted by Gasteiger charge is 2.22. The van der Waals surface area contributed by atoms with Gasteiger partial charge in [-0.15, -0.1) is 0 Å². The minimum Gasteiger partial charge on any atom is -0.756 e. The van der Waals surface area contributed by atoms with Crippen molar-refractivity contribution in [1.29, 1.82) is 0 Å². The van der Waals surface area contributed by atoms with Crippen molar-refractivity contribution in [3.8, 4) is 0 Å². The lowest BCUT2D eigenvalue weighted by atomic mass is 10.1. The third-order valence-electron chi connectivity index (χ3n) is 12.7. The van der Waals surface area contributed by atoms with Gasteiger partial charge < -0.3 is 27.9 Å². The lowest BCUT2D eigenvalue weighted by Crippen LogP contribution is -2.37. The number of rotatable bonds is 56. The van der Waals surface area contributed by atoms with Crippen LogP contribution in [0.4, 0.5) is 0 Å². The molecule has 0 fully saturated rings. The van der Waals surface area contributed by atoms with Gasteiger partial charge in [0.05, 0.1) is 27.7 Å². The zero-order valence-corrected chi connectivity index (χ0v) is 53.3. The fraction of sp³-hybridized carbons (Fsp3) is 0.583. The molecule has 0 heterocycles. The van der Waals surface area contributed by atoms with Crippen LogP contribution in [0.25, 0.3) is 0 Å². The number of carbonyl (C=O) groups is 2.